The van der Waals surface area contributed by atoms with Crippen LogP contribution in [-0.4, -0.2) is 4.98 Å². The minimum absolute atomic E-state index is 0.0910. The minimum atomic E-state index is -4.44. The van der Waals surface area contributed by atoms with Crippen LogP contribution in [0.1, 0.15) is 5.56 Å². The number of halogens is 5. The van der Waals surface area contributed by atoms with Gasteiger partial charge in [0, 0.05) is 10.7 Å². The fourth-order valence-electron chi connectivity index (χ4n) is 1.47. The highest BCUT2D eigenvalue weighted by Gasteiger charge is 2.33. The summed E-state index contributed by atoms with van der Waals surface area (Å²) < 4.78 is 39.1. The summed E-state index contributed by atoms with van der Waals surface area (Å²) in [5.41, 5.74) is -0.859. The SMILES string of the molecule is FC(F)(F)c1ccccc1Nc1ncc(Br)cc1Cl. The van der Waals surface area contributed by atoms with E-state index in [4.69, 9.17) is 11.6 Å². The molecule has 2 nitrogen and oxygen atoms in total. The standard InChI is InChI=1S/C12H7BrClF3N2/c13-7-5-9(14)11(18-6-7)19-10-4-2-1-3-8(10)12(15,16)17/h1-6H,(H,18,19). The lowest BCUT2D eigenvalue weighted by molar-refractivity contribution is -0.136. The number of rotatable bonds is 2. The highest BCUT2D eigenvalue weighted by Crippen LogP contribution is 2.36. The zero-order valence-electron chi connectivity index (χ0n) is 9.30. The average Bonchev–Trinajstić information content (AvgIpc) is 2.32. The van der Waals surface area contributed by atoms with Crippen LogP contribution >= 0.6 is 27.5 Å². The van der Waals surface area contributed by atoms with Gasteiger partial charge < -0.3 is 5.32 Å². The number of alkyl halides is 3. The monoisotopic (exact) mass is 350 g/mol. The van der Waals surface area contributed by atoms with E-state index in [2.05, 4.69) is 26.2 Å². The van der Waals surface area contributed by atoms with Crippen LogP contribution in [0.2, 0.25) is 5.02 Å². The van der Waals surface area contributed by atoms with E-state index in [0.29, 0.717) is 4.47 Å². The smallest absolute Gasteiger partial charge is 0.338 e. The number of aromatic nitrogens is 1. The van der Waals surface area contributed by atoms with E-state index >= 15 is 0 Å². The third kappa shape index (κ3) is 3.39. The highest BCUT2D eigenvalue weighted by atomic mass is 79.9. The molecule has 19 heavy (non-hydrogen) atoms. The molecule has 0 amide bonds. The molecule has 1 N–H and O–H groups in total. The predicted molar refractivity (Wildman–Crippen MR) is 71.7 cm³/mol. The molecule has 0 atom stereocenters. The molecular weight excluding hydrogens is 344 g/mol. The van der Waals surface area contributed by atoms with Gasteiger partial charge in [-0.15, -0.1) is 0 Å². The summed E-state index contributed by atoms with van der Waals surface area (Å²) in [6, 6.07) is 6.69. The Labute approximate surface area is 120 Å². The van der Waals surface area contributed by atoms with Gasteiger partial charge in [-0.2, -0.15) is 13.2 Å². The van der Waals surface area contributed by atoms with Crippen LogP contribution in [0.5, 0.6) is 0 Å². The summed E-state index contributed by atoms with van der Waals surface area (Å²) in [5, 5.41) is 2.82. The predicted octanol–water partition coefficient (Wildman–Crippen LogP) is 5.26. The lowest BCUT2D eigenvalue weighted by Gasteiger charge is -2.14. The summed E-state index contributed by atoms with van der Waals surface area (Å²) in [7, 11) is 0. The molecule has 0 bridgehead atoms. The molecule has 2 rings (SSSR count). The van der Waals surface area contributed by atoms with Crippen molar-refractivity contribution in [1.29, 1.82) is 0 Å². The fraction of sp³-hybridized carbons (Fsp3) is 0.0833. The Balaban J connectivity index is 2.39. The minimum Gasteiger partial charge on any atom is -0.338 e. The van der Waals surface area contributed by atoms with Gasteiger partial charge in [0.05, 0.1) is 16.3 Å². The molecule has 1 heterocycles. The molecule has 1 aromatic heterocycles. The van der Waals surface area contributed by atoms with Gasteiger partial charge in [-0.05, 0) is 34.1 Å². The van der Waals surface area contributed by atoms with Crippen LogP contribution in [0.15, 0.2) is 41.0 Å². The zero-order valence-corrected chi connectivity index (χ0v) is 11.6. The first-order valence-corrected chi connectivity index (χ1v) is 6.29. The van der Waals surface area contributed by atoms with E-state index in [1.807, 2.05) is 0 Å². The third-order valence-electron chi connectivity index (χ3n) is 2.29. The largest absolute Gasteiger partial charge is 0.418 e. The van der Waals surface area contributed by atoms with Crippen molar-refractivity contribution in [2.45, 2.75) is 6.18 Å². The van der Waals surface area contributed by atoms with Crippen LogP contribution in [0.4, 0.5) is 24.7 Å². The Morgan fingerprint density at radius 3 is 2.53 bits per heavy atom. The molecule has 0 aliphatic carbocycles. The number of benzene rings is 1. The van der Waals surface area contributed by atoms with Gasteiger partial charge in [-0.1, -0.05) is 23.7 Å². The van der Waals surface area contributed by atoms with Crippen molar-refractivity contribution in [3.05, 3.63) is 51.6 Å². The van der Waals surface area contributed by atoms with Gasteiger partial charge >= 0.3 is 6.18 Å². The summed E-state index contributed by atoms with van der Waals surface area (Å²) >= 11 is 9.08. The highest BCUT2D eigenvalue weighted by molar-refractivity contribution is 9.10. The van der Waals surface area contributed by atoms with E-state index in [1.165, 1.54) is 24.4 Å². The number of para-hydroxylation sites is 1. The Bertz CT molecular complexity index is 602. The summed E-state index contributed by atoms with van der Waals surface area (Å²) in [6.45, 7) is 0. The first kappa shape index (κ1) is 14.1. The molecule has 0 spiro atoms. The van der Waals surface area contributed by atoms with Crippen LogP contribution in [0, 0.1) is 0 Å². The van der Waals surface area contributed by atoms with Crippen LogP contribution in [0.25, 0.3) is 0 Å². The number of hydrogen-bond acceptors (Lipinski definition) is 2. The molecule has 2 aromatic rings. The van der Waals surface area contributed by atoms with Crippen molar-refractivity contribution in [2.24, 2.45) is 0 Å². The topological polar surface area (TPSA) is 24.9 Å². The summed E-state index contributed by atoms with van der Waals surface area (Å²) in [5.74, 6) is 0.168. The lowest BCUT2D eigenvalue weighted by atomic mass is 10.1. The van der Waals surface area contributed by atoms with Crippen molar-refractivity contribution in [3.8, 4) is 0 Å². The van der Waals surface area contributed by atoms with E-state index in [-0.39, 0.29) is 16.5 Å². The number of nitrogens with zero attached hydrogens (tertiary/aromatic N) is 1. The molecule has 100 valence electrons. The fourth-order valence-corrected chi connectivity index (χ4v) is 2.15. The van der Waals surface area contributed by atoms with Crippen LogP contribution in [-0.2, 0) is 6.18 Å². The molecule has 0 saturated carbocycles. The van der Waals surface area contributed by atoms with Crippen LogP contribution < -0.4 is 5.32 Å². The second kappa shape index (κ2) is 5.38. The summed E-state index contributed by atoms with van der Waals surface area (Å²) in [6.07, 6.45) is -2.99. The Kier molecular flexibility index (Phi) is 4.01. The first-order chi connectivity index (χ1) is 8.88. The maximum atomic E-state index is 12.8. The second-order valence-electron chi connectivity index (χ2n) is 3.65. The Morgan fingerprint density at radius 2 is 1.89 bits per heavy atom. The van der Waals surface area contributed by atoms with E-state index in [0.717, 1.165) is 6.07 Å². The number of anilines is 2. The second-order valence-corrected chi connectivity index (χ2v) is 4.98. The van der Waals surface area contributed by atoms with Gasteiger partial charge in [-0.25, -0.2) is 4.98 Å². The van der Waals surface area contributed by atoms with E-state index in [1.54, 1.807) is 6.07 Å². The maximum absolute atomic E-state index is 12.8. The number of hydrogen-bond donors (Lipinski definition) is 1. The van der Waals surface area contributed by atoms with Crippen LogP contribution in [0.3, 0.4) is 0 Å². The van der Waals surface area contributed by atoms with E-state index < -0.39 is 11.7 Å². The maximum Gasteiger partial charge on any atom is 0.418 e. The van der Waals surface area contributed by atoms with Crippen molar-refractivity contribution < 1.29 is 13.2 Å². The summed E-state index contributed by atoms with van der Waals surface area (Å²) in [4.78, 5) is 3.94. The molecule has 0 unspecified atom stereocenters. The van der Waals surface area contributed by atoms with Gasteiger partial charge in [0.2, 0.25) is 0 Å². The number of pyridine rings is 1. The van der Waals surface area contributed by atoms with E-state index in [9.17, 15) is 13.2 Å². The quantitative estimate of drug-likeness (QED) is 0.798. The third-order valence-corrected chi connectivity index (χ3v) is 3.02. The van der Waals surface area contributed by atoms with Gasteiger partial charge in [0.1, 0.15) is 5.82 Å². The normalized spacial score (nSPS) is 11.4. The molecule has 1 aromatic carbocycles. The zero-order chi connectivity index (χ0) is 14.0. The molecular formula is C12H7BrClF3N2. The van der Waals surface area contributed by atoms with Crippen molar-refractivity contribution in [2.75, 3.05) is 5.32 Å². The first-order valence-electron chi connectivity index (χ1n) is 5.12. The average molecular weight is 352 g/mol. The molecule has 7 heteroatoms. The Hall–Kier alpha value is -1.27. The molecule has 0 saturated heterocycles. The molecule has 0 aliphatic rings. The van der Waals surface area contributed by atoms with Crippen molar-refractivity contribution in [3.63, 3.8) is 0 Å². The van der Waals surface area contributed by atoms with Gasteiger partial charge in [0.15, 0.2) is 0 Å². The molecule has 0 aliphatic heterocycles. The van der Waals surface area contributed by atoms with Gasteiger partial charge in [0.25, 0.3) is 0 Å². The number of nitrogens with one attached hydrogen (secondary N) is 1. The van der Waals surface area contributed by atoms with Crippen molar-refractivity contribution in [1.82, 2.24) is 4.98 Å². The molecule has 0 radical (unpaired) electrons. The van der Waals surface area contributed by atoms with Crippen molar-refractivity contribution >= 4 is 39.0 Å². The molecule has 0 fully saturated rings. The lowest BCUT2D eigenvalue weighted by Crippen LogP contribution is -2.09. The Morgan fingerprint density at radius 1 is 1.21 bits per heavy atom. The van der Waals surface area contributed by atoms with Gasteiger partial charge in [-0.3, -0.25) is 0 Å².